The second-order valence-corrected chi connectivity index (χ2v) is 4.15. The van der Waals surface area contributed by atoms with Crippen LogP contribution < -0.4 is 0 Å². The molecule has 0 bridgehead atoms. The summed E-state index contributed by atoms with van der Waals surface area (Å²) >= 11 is 0. The Labute approximate surface area is 109 Å². The zero-order valence-electron chi connectivity index (χ0n) is 9.95. The van der Waals surface area contributed by atoms with Crippen molar-refractivity contribution in [2.24, 2.45) is 0 Å². The normalized spacial score (nSPS) is 10.5. The first kappa shape index (κ1) is 11.3. The third-order valence-electron chi connectivity index (χ3n) is 2.93. The summed E-state index contributed by atoms with van der Waals surface area (Å²) in [6.45, 7) is 0. The van der Waals surface area contributed by atoms with Gasteiger partial charge in [0.1, 0.15) is 0 Å². The second kappa shape index (κ2) is 4.49. The topological polar surface area (TPSA) is 63.1 Å². The molecule has 3 aromatic rings. The van der Waals surface area contributed by atoms with Gasteiger partial charge in [0.15, 0.2) is 0 Å². The lowest BCUT2D eigenvalue weighted by Crippen LogP contribution is -1.97. The SMILES string of the molecule is O=C(O)c1cncc(-c2cccc3cccnc23)c1. The van der Waals surface area contributed by atoms with Gasteiger partial charge in [0.2, 0.25) is 0 Å². The highest BCUT2D eigenvalue weighted by Gasteiger charge is 2.08. The van der Waals surface area contributed by atoms with Crippen molar-refractivity contribution in [1.82, 2.24) is 9.97 Å². The molecule has 0 atom stereocenters. The summed E-state index contributed by atoms with van der Waals surface area (Å²) in [5, 5.41) is 10.0. The molecule has 4 heteroatoms. The molecule has 0 radical (unpaired) electrons. The van der Waals surface area contributed by atoms with Crippen LogP contribution in [0.25, 0.3) is 22.0 Å². The highest BCUT2D eigenvalue weighted by molar-refractivity contribution is 5.95. The van der Waals surface area contributed by atoms with E-state index in [1.165, 1.54) is 6.20 Å². The van der Waals surface area contributed by atoms with E-state index in [9.17, 15) is 4.79 Å². The van der Waals surface area contributed by atoms with Crippen LogP contribution in [0, 0.1) is 0 Å². The lowest BCUT2D eigenvalue weighted by molar-refractivity contribution is 0.0696. The third-order valence-corrected chi connectivity index (χ3v) is 2.93. The number of hydrogen-bond acceptors (Lipinski definition) is 3. The van der Waals surface area contributed by atoms with E-state index in [4.69, 9.17) is 5.11 Å². The number of aromatic nitrogens is 2. The van der Waals surface area contributed by atoms with E-state index in [-0.39, 0.29) is 5.56 Å². The van der Waals surface area contributed by atoms with Crippen LogP contribution in [0.3, 0.4) is 0 Å². The Morgan fingerprint density at radius 3 is 2.79 bits per heavy atom. The number of pyridine rings is 2. The average molecular weight is 250 g/mol. The van der Waals surface area contributed by atoms with Crippen LogP contribution in [0.5, 0.6) is 0 Å². The van der Waals surface area contributed by atoms with Crippen molar-refractivity contribution in [3.05, 3.63) is 60.6 Å². The van der Waals surface area contributed by atoms with Crippen LogP contribution in [0.2, 0.25) is 0 Å². The van der Waals surface area contributed by atoms with Gasteiger partial charge < -0.3 is 5.11 Å². The molecular weight excluding hydrogens is 240 g/mol. The average Bonchev–Trinajstić information content (AvgIpc) is 2.47. The maximum absolute atomic E-state index is 11.0. The highest BCUT2D eigenvalue weighted by atomic mass is 16.4. The Balaban J connectivity index is 2.24. The van der Waals surface area contributed by atoms with Crippen molar-refractivity contribution in [3.8, 4) is 11.1 Å². The number of benzene rings is 1. The van der Waals surface area contributed by atoms with Crippen LogP contribution in [-0.4, -0.2) is 21.0 Å². The molecule has 4 nitrogen and oxygen atoms in total. The maximum atomic E-state index is 11.0. The van der Waals surface area contributed by atoms with Crippen LogP contribution in [0.1, 0.15) is 10.4 Å². The molecule has 0 spiro atoms. The standard InChI is InChI=1S/C15H10N2O2/c18-15(19)12-7-11(8-16-9-12)13-5-1-3-10-4-2-6-17-14(10)13/h1-9H,(H,18,19). The minimum atomic E-state index is -0.984. The summed E-state index contributed by atoms with van der Waals surface area (Å²) in [4.78, 5) is 19.3. The van der Waals surface area contributed by atoms with E-state index in [1.54, 1.807) is 18.5 Å². The van der Waals surface area contributed by atoms with Gasteiger partial charge in [-0.15, -0.1) is 0 Å². The third kappa shape index (κ3) is 2.04. The molecule has 0 aliphatic heterocycles. The van der Waals surface area contributed by atoms with Crippen molar-refractivity contribution in [1.29, 1.82) is 0 Å². The molecule has 0 amide bonds. The second-order valence-electron chi connectivity index (χ2n) is 4.15. The number of carboxylic acids is 1. The molecule has 1 aromatic carbocycles. The van der Waals surface area contributed by atoms with Crippen molar-refractivity contribution >= 4 is 16.9 Å². The van der Waals surface area contributed by atoms with Gasteiger partial charge in [-0.1, -0.05) is 24.3 Å². The summed E-state index contributed by atoms with van der Waals surface area (Å²) in [7, 11) is 0. The summed E-state index contributed by atoms with van der Waals surface area (Å²) in [5.74, 6) is -0.984. The molecule has 3 rings (SSSR count). The Morgan fingerprint density at radius 2 is 1.95 bits per heavy atom. The van der Waals surface area contributed by atoms with Crippen molar-refractivity contribution in [3.63, 3.8) is 0 Å². The number of fused-ring (bicyclic) bond motifs is 1. The van der Waals surface area contributed by atoms with E-state index < -0.39 is 5.97 Å². The van der Waals surface area contributed by atoms with Crippen LogP contribution in [0.4, 0.5) is 0 Å². The van der Waals surface area contributed by atoms with Gasteiger partial charge in [-0.2, -0.15) is 0 Å². The predicted molar refractivity (Wildman–Crippen MR) is 71.9 cm³/mol. The summed E-state index contributed by atoms with van der Waals surface area (Å²) in [5.41, 5.74) is 2.65. The molecule has 0 saturated heterocycles. The fourth-order valence-electron chi connectivity index (χ4n) is 2.04. The number of aromatic carboxylic acids is 1. The Hall–Kier alpha value is -2.75. The first-order valence-electron chi connectivity index (χ1n) is 5.78. The van der Waals surface area contributed by atoms with Gasteiger partial charge in [0, 0.05) is 35.1 Å². The molecule has 0 aliphatic carbocycles. The van der Waals surface area contributed by atoms with E-state index in [0.717, 1.165) is 22.0 Å². The van der Waals surface area contributed by atoms with E-state index in [0.29, 0.717) is 0 Å². The fourth-order valence-corrected chi connectivity index (χ4v) is 2.04. The minimum Gasteiger partial charge on any atom is -0.478 e. The van der Waals surface area contributed by atoms with Crippen molar-refractivity contribution in [2.75, 3.05) is 0 Å². The molecule has 1 N–H and O–H groups in total. The number of nitrogens with zero attached hydrogens (tertiary/aromatic N) is 2. The van der Waals surface area contributed by atoms with Crippen LogP contribution >= 0.6 is 0 Å². The summed E-state index contributed by atoms with van der Waals surface area (Å²) in [6.07, 6.45) is 4.71. The van der Waals surface area contributed by atoms with Crippen LogP contribution in [-0.2, 0) is 0 Å². The van der Waals surface area contributed by atoms with Gasteiger partial charge in [-0.25, -0.2) is 4.79 Å². The molecule has 2 heterocycles. The van der Waals surface area contributed by atoms with E-state index in [2.05, 4.69) is 9.97 Å². The molecule has 92 valence electrons. The number of carbonyl (C=O) groups is 1. The molecule has 0 fully saturated rings. The highest BCUT2D eigenvalue weighted by Crippen LogP contribution is 2.26. The molecule has 19 heavy (non-hydrogen) atoms. The quantitative estimate of drug-likeness (QED) is 0.759. The zero-order chi connectivity index (χ0) is 13.2. The zero-order valence-corrected chi connectivity index (χ0v) is 9.95. The van der Waals surface area contributed by atoms with E-state index in [1.807, 2.05) is 30.3 Å². The molecular formula is C15H10N2O2. The van der Waals surface area contributed by atoms with Crippen molar-refractivity contribution in [2.45, 2.75) is 0 Å². The molecule has 0 unspecified atom stereocenters. The number of carboxylic acid groups (broad SMARTS) is 1. The Morgan fingerprint density at radius 1 is 1.11 bits per heavy atom. The number of hydrogen-bond donors (Lipinski definition) is 1. The first-order valence-corrected chi connectivity index (χ1v) is 5.78. The lowest BCUT2D eigenvalue weighted by Gasteiger charge is -2.06. The summed E-state index contributed by atoms with van der Waals surface area (Å²) < 4.78 is 0. The fraction of sp³-hybridized carbons (Fsp3) is 0. The Kier molecular flexibility index (Phi) is 2.68. The number of para-hydroxylation sites is 1. The molecule has 0 aliphatic rings. The van der Waals surface area contributed by atoms with Gasteiger partial charge in [0.25, 0.3) is 0 Å². The Bertz CT molecular complexity index is 763. The van der Waals surface area contributed by atoms with Gasteiger partial charge in [-0.05, 0) is 12.1 Å². The smallest absolute Gasteiger partial charge is 0.337 e. The predicted octanol–water partition coefficient (Wildman–Crippen LogP) is 3.00. The lowest BCUT2D eigenvalue weighted by atomic mass is 10.0. The van der Waals surface area contributed by atoms with Gasteiger partial charge in [0.05, 0.1) is 11.1 Å². The molecule has 0 saturated carbocycles. The number of rotatable bonds is 2. The maximum Gasteiger partial charge on any atom is 0.337 e. The minimum absolute atomic E-state index is 0.172. The van der Waals surface area contributed by atoms with Crippen molar-refractivity contribution < 1.29 is 9.90 Å². The van der Waals surface area contributed by atoms with Crippen LogP contribution in [0.15, 0.2) is 55.0 Å². The van der Waals surface area contributed by atoms with E-state index >= 15 is 0 Å². The molecule has 2 aromatic heterocycles. The van der Waals surface area contributed by atoms with Gasteiger partial charge in [-0.3, -0.25) is 9.97 Å². The first-order chi connectivity index (χ1) is 9.25. The van der Waals surface area contributed by atoms with Gasteiger partial charge >= 0.3 is 5.97 Å². The monoisotopic (exact) mass is 250 g/mol. The largest absolute Gasteiger partial charge is 0.478 e. The summed E-state index contributed by atoms with van der Waals surface area (Å²) in [6, 6.07) is 11.3.